The maximum absolute atomic E-state index is 12.4. The monoisotopic (exact) mass is 347 g/mol. The van der Waals surface area contributed by atoms with E-state index in [2.05, 4.69) is 4.72 Å². The van der Waals surface area contributed by atoms with Crippen molar-refractivity contribution in [1.29, 1.82) is 0 Å². The summed E-state index contributed by atoms with van der Waals surface area (Å²) in [6.07, 6.45) is 0.631. The van der Waals surface area contributed by atoms with E-state index in [0.29, 0.717) is 12.0 Å². The van der Waals surface area contributed by atoms with Gasteiger partial charge in [0.05, 0.1) is 5.75 Å². The molecule has 2 aromatic rings. The molecule has 0 saturated carbocycles. The van der Waals surface area contributed by atoms with E-state index in [1.807, 2.05) is 36.4 Å². The van der Waals surface area contributed by atoms with Crippen LogP contribution < -0.4 is 4.72 Å². The number of sulfonamides is 1. The predicted octanol–water partition coefficient (Wildman–Crippen LogP) is 2.58. The summed E-state index contributed by atoms with van der Waals surface area (Å²) in [7, 11) is -3.54. The van der Waals surface area contributed by atoms with E-state index in [0.717, 1.165) is 5.56 Å². The van der Waals surface area contributed by atoms with Gasteiger partial charge in [0.2, 0.25) is 10.0 Å². The SMILES string of the molecule is O=C(O)CCC(Cc1ccccc1)NS(=O)(=O)Cc1ccccc1. The molecule has 5 nitrogen and oxygen atoms in total. The number of carboxylic acids is 1. The molecule has 0 radical (unpaired) electrons. The van der Waals surface area contributed by atoms with Crippen LogP contribution in [0.1, 0.15) is 24.0 Å². The van der Waals surface area contributed by atoms with Gasteiger partial charge in [-0.15, -0.1) is 0 Å². The molecule has 1 atom stereocenters. The second-order valence-corrected chi connectivity index (χ2v) is 7.44. The van der Waals surface area contributed by atoms with Crippen LogP contribution in [0.2, 0.25) is 0 Å². The van der Waals surface area contributed by atoms with Crippen molar-refractivity contribution in [2.45, 2.75) is 31.1 Å². The smallest absolute Gasteiger partial charge is 0.303 e. The average Bonchev–Trinajstić information content (AvgIpc) is 2.54. The molecule has 0 fully saturated rings. The molecule has 0 bridgehead atoms. The summed E-state index contributed by atoms with van der Waals surface area (Å²) in [4.78, 5) is 10.8. The highest BCUT2D eigenvalue weighted by atomic mass is 32.2. The van der Waals surface area contributed by atoms with Gasteiger partial charge in [0.15, 0.2) is 0 Å². The highest BCUT2D eigenvalue weighted by molar-refractivity contribution is 7.88. The standard InChI is InChI=1S/C18H21NO4S/c20-18(21)12-11-17(13-15-7-3-1-4-8-15)19-24(22,23)14-16-9-5-2-6-10-16/h1-10,17,19H,11-14H2,(H,20,21). The second-order valence-electron chi connectivity index (χ2n) is 5.68. The lowest BCUT2D eigenvalue weighted by Gasteiger charge is -2.18. The zero-order chi connectivity index (χ0) is 17.4. The molecule has 0 aliphatic carbocycles. The molecule has 0 heterocycles. The Balaban J connectivity index is 2.06. The molecule has 6 heteroatoms. The summed E-state index contributed by atoms with van der Waals surface area (Å²) in [5.74, 6) is -1.05. The Hall–Kier alpha value is -2.18. The van der Waals surface area contributed by atoms with Crippen molar-refractivity contribution in [1.82, 2.24) is 4.72 Å². The van der Waals surface area contributed by atoms with E-state index in [4.69, 9.17) is 5.11 Å². The number of nitrogens with one attached hydrogen (secondary N) is 1. The number of benzene rings is 2. The largest absolute Gasteiger partial charge is 0.481 e. The molecule has 2 N–H and O–H groups in total. The van der Waals surface area contributed by atoms with Gasteiger partial charge in [-0.2, -0.15) is 0 Å². The molecule has 1 unspecified atom stereocenters. The molecule has 0 aliphatic heterocycles. The molecule has 2 aromatic carbocycles. The third-order valence-electron chi connectivity index (χ3n) is 3.58. The summed E-state index contributed by atoms with van der Waals surface area (Å²) in [5.41, 5.74) is 1.66. The van der Waals surface area contributed by atoms with Crippen molar-refractivity contribution >= 4 is 16.0 Å². The number of carboxylic acid groups (broad SMARTS) is 1. The Labute approximate surface area is 142 Å². The maximum Gasteiger partial charge on any atom is 0.303 e. The third-order valence-corrected chi connectivity index (χ3v) is 4.98. The normalized spacial score (nSPS) is 12.7. The van der Waals surface area contributed by atoms with Gasteiger partial charge in [0.25, 0.3) is 0 Å². The molecule has 0 aliphatic rings. The summed E-state index contributed by atoms with van der Waals surface area (Å²) in [5, 5.41) is 8.88. The van der Waals surface area contributed by atoms with Gasteiger partial charge in [-0.25, -0.2) is 13.1 Å². The van der Waals surface area contributed by atoms with Crippen LogP contribution in [0, 0.1) is 0 Å². The van der Waals surface area contributed by atoms with Crippen molar-refractivity contribution in [3.05, 3.63) is 71.8 Å². The van der Waals surface area contributed by atoms with Crippen LogP contribution in [0.4, 0.5) is 0 Å². The molecule has 0 spiro atoms. The van der Waals surface area contributed by atoms with Crippen molar-refractivity contribution in [3.63, 3.8) is 0 Å². The first kappa shape index (κ1) is 18.2. The van der Waals surface area contributed by atoms with E-state index in [1.165, 1.54) is 0 Å². The molecule has 0 amide bonds. The Morgan fingerprint density at radius 1 is 0.958 bits per heavy atom. The Morgan fingerprint density at radius 2 is 1.50 bits per heavy atom. The fourth-order valence-corrected chi connectivity index (χ4v) is 3.91. The molecule has 24 heavy (non-hydrogen) atoms. The molecular formula is C18H21NO4S. The minimum absolute atomic E-state index is 0.0780. The van der Waals surface area contributed by atoms with Gasteiger partial charge in [0, 0.05) is 12.5 Å². The van der Waals surface area contributed by atoms with Crippen LogP contribution in [0.5, 0.6) is 0 Å². The second kappa shape index (κ2) is 8.61. The first-order valence-corrected chi connectivity index (χ1v) is 9.39. The van der Waals surface area contributed by atoms with E-state index in [-0.39, 0.29) is 18.6 Å². The Bertz CT molecular complexity index is 745. The Morgan fingerprint density at radius 3 is 2.04 bits per heavy atom. The highest BCUT2D eigenvalue weighted by Gasteiger charge is 2.19. The third kappa shape index (κ3) is 6.52. The topological polar surface area (TPSA) is 83.5 Å². The molecule has 128 valence electrons. The number of carbonyl (C=O) groups is 1. The quantitative estimate of drug-likeness (QED) is 0.730. The van der Waals surface area contributed by atoms with Gasteiger partial charge < -0.3 is 5.11 Å². The van der Waals surface area contributed by atoms with Crippen molar-refractivity contribution in [2.24, 2.45) is 0 Å². The lowest BCUT2D eigenvalue weighted by atomic mass is 10.0. The minimum Gasteiger partial charge on any atom is -0.481 e. The van der Waals surface area contributed by atoms with Gasteiger partial charge >= 0.3 is 5.97 Å². The molecule has 0 aromatic heterocycles. The molecule has 0 saturated heterocycles. The van der Waals surface area contributed by atoms with E-state index in [1.54, 1.807) is 24.3 Å². The van der Waals surface area contributed by atoms with Crippen molar-refractivity contribution in [2.75, 3.05) is 0 Å². The van der Waals surface area contributed by atoms with E-state index >= 15 is 0 Å². The summed E-state index contributed by atoms with van der Waals surface area (Å²) >= 11 is 0. The Kier molecular flexibility index (Phi) is 6.52. The van der Waals surface area contributed by atoms with Gasteiger partial charge in [-0.1, -0.05) is 60.7 Å². The van der Waals surface area contributed by atoms with Crippen molar-refractivity contribution in [3.8, 4) is 0 Å². The van der Waals surface area contributed by atoms with Crippen LogP contribution in [-0.2, 0) is 27.0 Å². The summed E-state index contributed by atoms with van der Waals surface area (Å²) in [6, 6.07) is 17.9. The predicted molar refractivity (Wildman–Crippen MR) is 93.0 cm³/mol. The molecular weight excluding hydrogens is 326 g/mol. The fraction of sp³-hybridized carbons (Fsp3) is 0.278. The summed E-state index contributed by atoms with van der Waals surface area (Å²) < 4.78 is 27.4. The number of hydrogen-bond acceptors (Lipinski definition) is 3. The van der Waals surface area contributed by atoms with E-state index in [9.17, 15) is 13.2 Å². The van der Waals surface area contributed by atoms with Gasteiger partial charge in [-0.3, -0.25) is 4.79 Å². The van der Waals surface area contributed by atoms with Crippen molar-refractivity contribution < 1.29 is 18.3 Å². The van der Waals surface area contributed by atoms with Gasteiger partial charge in [0.1, 0.15) is 0 Å². The fourth-order valence-electron chi connectivity index (χ4n) is 2.49. The minimum atomic E-state index is -3.54. The average molecular weight is 347 g/mol. The first-order chi connectivity index (χ1) is 11.4. The molecule has 2 rings (SSSR count). The highest BCUT2D eigenvalue weighted by Crippen LogP contribution is 2.11. The lowest BCUT2D eigenvalue weighted by Crippen LogP contribution is -2.37. The number of aliphatic carboxylic acids is 1. The lowest BCUT2D eigenvalue weighted by molar-refractivity contribution is -0.137. The van der Waals surface area contributed by atoms with Gasteiger partial charge in [-0.05, 0) is 24.0 Å². The van der Waals surface area contributed by atoms with E-state index < -0.39 is 22.0 Å². The number of hydrogen-bond donors (Lipinski definition) is 2. The number of rotatable bonds is 9. The van der Waals surface area contributed by atoms with Crippen LogP contribution >= 0.6 is 0 Å². The zero-order valence-electron chi connectivity index (χ0n) is 13.3. The zero-order valence-corrected chi connectivity index (χ0v) is 14.1. The van der Waals surface area contributed by atoms with Crippen LogP contribution in [0.15, 0.2) is 60.7 Å². The summed E-state index contributed by atoms with van der Waals surface area (Å²) in [6.45, 7) is 0. The maximum atomic E-state index is 12.4. The van der Waals surface area contributed by atoms with Crippen LogP contribution in [0.25, 0.3) is 0 Å². The first-order valence-electron chi connectivity index (χ1n) is 7.74. The van der Waals surface area contributed by atoms with Crippen LogP contribution in [-0.4, -0.2) is 25.5 Å². The van der Waals surface area contributed by atoms with Crippen LogP contribution in [0.3, 0.4) is 0 Å².